The lowest BCUT2D eigenvalue weighted by Crippen LogP contribution is -2.45. The molecule has 0 aromatic heterocycles. The molecule has 4 nitrogen and oxygen atoms in total. The van der Waals surface area contributed by atoms with Crippen LogP contribution < -0.4 is 0 Å². The summed E-state index contributed by atoms with van der Waals surface area (Å²) in [6.45, 7) is 8.35. The van der Waals surface area contributed by atoms with E-state index >= 15 is 0 Å². The summed E-state index contributed by atoms with van der Waals surface area (Å²) in [7, 11) is 0. The summed E-state index contributed by atoms with van der Waals surface area (Å²) >= 11 is 0. The molecule has 6 atom stereocenters. The number of carbonyl (C=O) groups excluding carboxylic acids is 2. The highest BCUT2D eigenvalue weighted by molar-refractivity contribution is 5.92. The molecule has 180 valence electrons. The zero-order valence-corrected chi connectivity index (χ0v) is 20.7. The van der Waals surface area contributed by atoms with E-state index in [9.17, 15) is 9.59 Å². The molecule has 3 aliphatic rings. The third kappa shape index (κ3) is 3.95. The molecular formula is C30H36O4. The summed E-state index contributed by atoms with van der Waals surface area (Å²) in [6.07, 6.45) is 3.86. The third-order valence-electron chi connectivity index (χ3n) is 8.53. The summed E-state index contributed by atoms with van der Waals surface area (Å²) in [6, 6.07) is 15.4. The number of hydrogen-bond acceptors (Lipinski definition) is 4. The fourth-order valence-electron chi connectivity index (χ4n) is 7.04. The van der Waals surface area contributed by atoms with Gasteiger partial charge in [0.1, 0.15) is 12.2 Å². The number of ether oxygens (including phenoxy) is 2. The van der Waals surface area contributed by atoms with Crippen LogP contribution in [-0.4, -0.2) is 24.1 Å². The molecule has 4 heteroatoms. The first-order chi connectivity index (χ1) is 16.4. The van der Waals surface area contributed by atoms with E-state index in [0.717, 1.165) is 17.5 Å². The normalized spacial score (nSPS) is 29.5. The fourth-order valence-corrected chi connectivity index (χ4v) is 7.04. The van der Waals surface area contributed by atoms with Crippen LogP contribution in [-0.2, 0) is 9.47 Å². The minimum Gasteiger partial charge on any atom is -0.454 e. The molecule has 0 aliphatic heterocycles. The van der Waals surface area contributed by atoms with Gasteiger partial charge in [0.05, 0.1) is 11.1 Å². The van der Waals surface area contributed by atoms with Gasteiger partial charge in [-0.2, -0.15) is 0 Å². The van der Waals surface area contributed by atoms with Crippen molar-refractivity contribution >= 4 is 11.9 Å². The summed E-state index contributed by atoms with van der Waals surface area (Å²) in [5.41, 5.74) is 3.24. The van der Waals surface area contributed by atoms with Crippen molar-refractivity contribution in [1.29, 1.82) is 0 Å². The molecule has 0 radical (unpaired) electrons. The molecule has 2 bridgehead atoms. The summed E-state index contributed by atoms with van der Waals surface area (Å²) in [5, 5.41) is 0. The maximum atomic E-state index is 13.4. The van der Waals surface area contributed by atoms with Crippen LogP contribution in [0.4, 0.5) is 0 Å². The van der Waals surface area contributed by atoms with Gasteiger partial charge >= 0.3 is 11.9 Å². The topological polar surface area (TPSA) is 52.6 Å². The molecule has 34 heavy (non-hydrogen) atoms. The van der Waals surface area contributed by atoms with E-state index in [-0.39, 0.29) is 47.8 Å². The van der Waals surface area contributed by atoms with Crippen LogP contribution in [0.1, 0.15) is 97.1 Å². The quantitative estimate of drug-likeness (QED) is 0.447. The lowest BCUT2D eigenvalue weighted by atomic mass is 9.78. The highest BCUT2D eigenvalue weighted by Gasteiger charge is 2.62. The Kier molecular flexibility index (Phi) is 6.26. The Bertz CT molecular complexity index is 987. The van der Waals surface area contributed by atoms with Crippen molar-refractivity contribution in [1.82, 2.24) is 0 Å². The van der Waals surface area contributed by atoms with Crippen molar-refractivity contribution < 1.29 is 19.1 Å². The molecule has 2 aromatic carbocycles. The highest BCUT2D eigenvalue weighted by atomic mass is 16.6. The second-order valence-corrected chi connectivity index (χ2v) is 11.0. The molecule has 2 aromatic rings. The maximum Gasteiger partial charge on any atom is 0.338 e. The molecule has 0 spiro atoms. The SMILES string of the molecule is CC(C)c1ccccc1C(=O)OC1C2CC(C3CCCC32)C1OC(=O)c1ccccc1C(C)C. The van der Waals surface area contributed by atoms with Crippen molar-refractivity contribution in [3.8, 4) is 0 Å². The van der Waals surface area contributed by atoms with Crippen molar-refractivity contribution in [3.63, 3.8) is 0 Å². The van der Waals surface area contributed by atoms with Gasteiger partial charge in [-0.25, -0.2) is 9.59 Å². The van der Waals surface area contributed by atoms with Gasteiger partial charge in [0.15, 0.2) is 0 Å². The molecule has 0 N–H and O–H groups in total. The van der Waals surface area contributed by atoms with Crippen LogP contribution in [0.2, 0.25) is 0 Å². The largest absolute Gasteiger partial charge is 0.454 e. The number of fused-ring (bicyclic) bond motifs is 5. The predicted octanol–water partition coefficient (Wildman–Crippen LogP) is 6.75. The van der Waals surface area contributed by atoms with Gasteiger partial charge in [-0.1, -0.05) is 70.5 Å². The Morgan fingerprint density at radius 3 is 1.50 bits per heavy atom. The monoisotopic (exact) mass is 460 g/mol. The lowest BCUT2D eigenvalue weighted by molar-refractivity contribution is -0.0767. The van der Waals surface area contributed by atoms with Crippen LogP contribution >= 0.6 is 0 Å². The lowest BCUT2D eigenvalue weighted by Gasteiger charge is -2.37. The van der Waals surface area contributed by atoms with Gasteiger partial charge < -0.3 is 9.47 Å². The van der Waals surface area contributed by atoms with Crippen LogP contribution in [0, 0.1) is 23.7 Å². The van der Waals surface area contributed by atoms with Gasteiger partial charge in [-0.3, -0.25) is 0 Å². The average Bonchev–Trinajstić information content (AvgIpc) is 3.52. The van der Waals surface area contributed by atoms with E-state index in [4.69, 9.17) is 9.47 Å². The molecule has 0 amide bonds. The number of hydrogen-bond donors (Lipinski definition) is 0. The van der Waals surface area contributed by atoms with Crippen molar-refractivity contribution in [2.75, 3.05) is 0 Å². The van der Waals surface area contributed by atoms with E-state index in [1.165, 1.54) is 19.3 Å². The standard InChI is InChI=1S/C30H36O4/c1-17(2)19-10-5-7-12-23(19)29(31)33-27-25-16-26(22-15-9-14-21(22)25)28(27)34-30(32)24-13-8-6-11-20(24)18(3)4/h5-8,10-13,17-18,21-22,25-28H,9,14-16H2,1-4H3. The van der Waals surface area contributed by atoms with Gasteiger partial charge in [-0.05, 0) is 66.2 Å². The van der Waals surface area contributed by atoms with Gasteiger partial charge in [0.2, 0.25) is 0 Å². The molecular weight excluding hydrogens is 424 g/mol. The van der Waals surface area contributed by atoms with Crippen LogP contribution in [0.15, 0.2) is 48.5 Å². The predicted molar refractivity (Wildman–Crippen MR) is 132 cm³/mol. The van der Waals surface area contributed by atoms with Crippen molar-refractivity contribution in [2.24, 2.45) is 23.7 Å². The Morgan fingerprint density at radius 1 is 0.676 bits per heavy atom. The molecule has 3 fully saturated rings. The minimum atomic E-state index is -0.368. The van der Waals surface area contributed by atoms with E-state index in [1.807, 2.05) is 48.5 Å². The maximum absolute atomic E-state index is 13.4. The van der Waals surface area contributed by atoms with Gasteiger partial charge in [0.25, 0.3) is 0 Å². The first-order valence-electron chi connectivity index (χ1n) is 13.0. The molecule has 5 rings (SSSR count). The molecule has 6 unspecified atom stereocenters. The Morgan fingerprint density at radius 2 is 1.09 bits per heavy atom. The minimum absolute atomic E-state index is 0.226. The summed E-state index contributed by atoms with van der Waals surface area (Å²) in [4.78, 5) is 26.8. The fraction of sp³-hybridized carbons (Fsp3) is 0.533. The molecule has 3 aliphatic carbocycles. The first-order valence-corrected chi connectivity index (χ1v) is 13.0. The Labute approximate surface area is 203 Å². The summed E-state index contributed by atoms with van der Waals surface area (Å²) < 4.78 is 12.5. The number of rotatable bonds is 6. The number of benzene rings is 2. The third-order valence-corrected chi connectivity index (χ3v) is 8.53. The van der Waals surface area contributed by atoms with Crippen molar-refractivity contribution in [2.45, 2.75) is 77.4 Å². The number of carbonyl (C=O) groups is 2. The Hall–Kier alpha value is -2.62. The van der Waals surface area contributed by atoms with Crippen LogP contribution in [0.3, 0.4) is 0 Å². The molecule has 0 saturated heterocycles. The highest BCUT2D eigenvalue weighted by Crippen LogP contribution is 2.60. The number of esters is 2. The average molecular weight is 461 g/mol. The van der Waals surface area contributed by atoms with Crippen molar-refractivity contribution in [3.05, 3.63) is 70.8 Å². The first kappa shape index (κ1) is 23.1. The van der Waals surface area contributed by atoms with Crippen LogP contribution in [0.25, 0.3) is 0 Å². The van der Waals surface area contributed by atoms with E-state index in [1.54, 1.807) is 0 Å². The van der Waals surface area contributed by atoms with E-state index in [2.05, 4.69) is 27.7 Å². The summed E-state index contributed by atoms with van der Waals surface area (Å²) in [5.74, 6) is 1.60. The van der Waals surface area contributed by atoms with E-state index < -0.39 is 0 Å². The van der Waals surface area contributed by atoms with Crippen LogP contribution in [0.5, 0.6) is 0 Å². The second-order valence-electron chi connectivity index (χ2n) is 11.0. The second kappa shape index (κ2) is 9.20. The van der Waals surface area contributed by atoms with E-state index in [0.29, 0.717) is 23.0 Å². The molecule has 0 heterocycles. The van der Waals surface area contributed by atoms with Gasteiger partial charge in [-0.15, -0.1) is 0 Å². The Balaban J connectivity index is 1.42. The zero-order chi connectivity index (χ0) is 24.0. The van der Waals surface area contributed by atoms with Gasteiger partial charge in [0, 0.05) is 11.8 Å². The molecule has 3 saturated carbocycles. The zero-order valence-electron chi connectivity index (χ0n) is 20.7. The smallest absolute Gasteiger partial charge is 0.338 e.